The average Bonchev–Trinajstić information content (AvgIpc) is 3.39. The fraction of sp³-hybridized carbons (Fsp3) is 0.480. The summed E-state index contributed by atoms with van der Waals surface area (Å²) in [6.07, 6.45) is 6.12. The van der Waals surface area contributed by atoms with E-state index in [1.54, 1.807) is 24.4 Å². The maximum Gasteiger partial charge on any atom is 0.316 e. The second kappa shape index (κ2) is 8.30. The molecule has 0 bridgehead atoms. The smallest absolute Gasteiger partial charge is 0.316 e. The van der Waals surface area contributed by atoms with Crippen molar-refractivity contribution in [1.29, 1.82) is 0 Å². The number of nitrogens with one attached hydrogen (secondary N) is 1. The van der Waals surface area contributed by atoms with Crippen LogP contribution in [0.4, 0.5) is 0 Å². The number of ether oxygens (including phenoxy) is 2. The molecule has 2 aromatic rings. The summed E-state index contributed by atoms with van der Waals surface area (Å²) in [6.45, 7) is 3.57. The van der Waals surface area contributed by atoms with Gasteiger partial charge in [0.25, 0.3) is 5.91 Å². The molecule has 6 rings (SSSR count). The van der Waals surface area contributed by atoms with Crippen molar-refractivity contribution in [3.05, 3.63) is 46.8 Å². The molecule has 3 amide bonds. The minimum Gasteiger partial charge on any atom is -0.492 e. The van der Waals surface area contributed by atoms with Crippen molar-refractivity contribution in [2.75, 3.05) is 26.8 Å². The van der Waals surface area contributed by atoms with E-state index in [9.17, 15) is 14.4 Å². The second-order valence-corrected chi connectivity index (χ2v) is 9.79. The van der Waals surface area contributed by atoms with Gasteiger partial charge in [0, 0.05) is 53.0 Å². The molecule has 5 heterocycles. The molecule has 0 saturated carbocycles. The van der Waals surface area contributed by atoms with E-state index in [2.05, 4.69) is 20.2 Å². The number of carbonyl (C=O) groups excluding carboxylic acids is 3. The normalized spacial score (nSPS) is 23.2. The Morgan fingerprint density at radius 3 is 2.66 bits per heavy atom. The summed E-state index contributed by atoms with van der Waals surface area (Å²) >= 11 is 0. The molecular weight excluding hydrogens is 450 g/mol. The fourth-order valence-corrected chi connectivity index (χ4v) is 5.82. The van der Waals surface area contributed by atoms with Crippen LogP contribution < -0.4 is 14.8 Å². The van der Waals surface area contributed by atoms with Gasteiger partial charge >= 0.3 is 6.01 Å². The number of imide groups is 1. The minimum absolute atomic E-state index is 0.0671. The number of rotatable bonds is 4. The highest BCUT2D eigenvalue weighted by atomic mass is 16.5. The summed E-state index contributed by atoms with van der Waals surface area (Å²) in [5.41, 5.74) is 3.62. The predicted octanol–water partition coefficient (Wildman–Crippen LogP) is 1.17. The number of piperidine rings is 2. The molecule has 1 spiro atoms. The molecule has 0 radical (unpaired) electrons. The van der Waals surface area contributed by atoms with Gasteiger partial charge in [0.2, 0.25) is 11.8 Å². The second-order valence-electron chi connectivity index (χ2n) is 9.79. The topological polar surface area (TPSA) is 114 Å². The molecule has 182 valence electrons. The number of amides is 3. The standard InChI is InChI=1S/C25H27N5O5/c1-34-24-26-10-15(11-27-24)12-29-8-6-25(7-9-29)14-35-21-17-13-30(19-4-5-20(31)28-22(19)32)23(33)16(17)2-3-18(21)25/h2-3,10-11,19H,4-9,12-14H2,1H3,(H,28,31,32). The van der Waals surface area contributed by atoms with Gasteiger partial charge in [-0.15, -0.1) is 0 Å². The Hall–Kier alpha value is -3.53. The van der Waals surface area contributed by atoms with Crippen LogP contribution in [0.5, 0.6) is 11.8 Å². The predicted molar refractivity (Wildman–Crippen MR) is 123 cm³/mol. The molecule has 4 aliphatic heterocycles. The average molecular weight is 478 g/mol. The van der Waals surface area contributed by atoms with Gasteiger partial charge < -0.3 is 14.4 Å². The van der Waals surface area contributed by atoms with Gasteiger partial charge in [0.15, 0.2) is 0 Å². The molecule has 1 unspecified atom stereocenters. The maximum absolute atomic E-state index is 13.1. The zero-order valence-corrected chi connectivity index (χ0v) is 19.6. The fourth-order valence-electron chi connectivity index (χ4n) is 5.82. The highest BCUT2D eigenvalue weighted by Gasteiger charge is 2.47. The highest BCUT2D eigenvalue weighted by Crippen LogP contribution is 2.49. The summed E-state index contributed by atoms with van der Waals surface area (Å²) in [5.74, 6) is -0.0421. The van der Waals surface area contributed by atoms with Crippen LogP contribution in [0.25, 0.3) is 0 Å². The van der Waals surface area contributed by atoms with E-state index in [-0.39, 0.29) is 23.7 Å². The molecule has 1 N–H and O–H groups in total. The molecular formula is C25H27N5O5. The number of hydrogen-bond acceptors (Lipinski definition) is 8. The van der Waals surface area contributed by atoms with Gasteiger partial charge in [-0.3, -0.25) is 24.6 Å². The molecule has 10 nitrogen and oxygen atoms in total. The van der Waals surface area contributed by atoms with E-state index in [0.29, 0.717) is 31.1 Å². The van der Waals surface area contributed by atoms with Crippen molar-refractivity contribution in [1.82, 2.24) is 25.1 Å². The first-order valence-electron chi connectivity index (χ1n) is 12.0. The maximum atomic E-state index is 13.1. The molecule has 1 atom stereocenters. The van der Waals surface area contributed by atoms with Gasteiger partial charge in [-0.1, -0.05) is 6.07 Å². The number of carbonyl (C=O) groups is 3. The van der Waals surface area contributed by atoms with Crippen molar-refractivity contribution >= 4 is 17.7 Å². The monoisotopic (exact) mass is 477 g/mol. The van der Waals surface area contributed by atoms with Gasteiger partial charge in [0.1, 0.15) is 11.8 Å². The summed E-state index contributed by atoms with van der Waals surface area (Å²) in [7, 11) is 1.55. The lowest BCUT2D eigenvalue weighted by atomic mass is 9.74. The minimum atomic E-state index is -0.621. The zero-order chi connectivity index (χ0) is 24.2. The Balaban J connectivity index is 1.17. The van der Waals surface area contributed by atoms with Gasteiger partial charge in [0.05, 0.1) is 20.3 Å². The largest absolute Gasteiger partial charge is 0.492 e. The van der Waals surface area contributed by atoms with Gasteiger partial charge in [-0.25, -0.2) is 9.97 Å². The van der Waals surface area contributed by atoms with Crippen LogP contribution in [0, 0.1) is 0 Å². The zero-order valence-electron chi connectivity index (χ0n) is 19.6. The number of fused-ring (bicyclic) bond motifs is 4. The summed E-state index contributed by atoms with van der Waals surface area (Å²) < 4.78 is 11.3. The first kappa shape index (κ1) is 22.0. The first-order chi connectivity index (χ1) is 17.0. The van der Waals surface area contributed by atoms with Crippen LogP contribution >= 0.6 is 0 Å². The molecule has 1 aromatic heterocycles. The number of hydrogen-bond donors (Lipinski definition) is 1. The van der Waals surface area contributed by atoms with Crippen molar-refractivity contribution in [3.8, 4) is 11.8 Å². The van der Waals surface area contributed by atoms with E-state index in [4.69, 9.17) is 9.47 Å². The Labute approximate surface area is 202 Å². The number of nitrogens with zero attached hydrogens (tertiary/aromatic N) is 4. The van der Waals surface area contributed by atoms with Crippen molar-refractivity contribution < 1.29 is 23.9 Å². The number of benzene rings is 1. The van der Waals surface area contributed by atoms with Crippen molar-refractivity contribution in [2.45, 2.75) is 50.2 Å². The molecule has 0 aliphatic carbocycles. The van der Waals surface area contributed by atoms with E-state index >= 15 is 0 Å². The van der Waals surface area contributed by atoms with Crippen LogP contribution in [-0.4, -0.2) is 70.3 Å². The third kappa shape index (κ3) is 3.63. The Bertz CT molecular complexity index is 1210. The van der Waals surface area contributed by atoms with Crippen LogP contribution in [0.2, 0.25) is 0 Å². The number of likely N-dealkylation sites (tertiary alicyclic amines) is 1. The summed E-state index contributed by atoms with van der Waals surface area (Å²) in [4.78, 5) is 49.4. The van der Waals surface area contributed by atoms with Crippen molar-refractivity contribution in [3.63, 3.8) is 0 Å². The van der Waals surface area contributed by atoms with Crippen LogP contribution in [0.3, 0.4) is 0 Å². The lowest BCUT2D eigenvalue weighted by molar-refractivity contribution is -0.136. The third-order valence-electron chi connectivity index (χ3n) is 7.81. The SMILES string of the molecule is COc1ncc(CN2CCC3(CC2)COc2c3ccc3c2CN(C2CCC(=O)NC2=O)C3=O)cn1. The molecule has 1 aromatic carbocycles. The quantitative estimate of drug-likeness (QED) is 0.653. The Morgan fingerprint density at radius 2 is 1.94 bits per heavy atom. The molecule has 10 heteroatoms. The summed E-state index contributed by atoms with van der Waals surface area (Å²) in [5, 5.41) is 2.36. The van der Waals surface area contributed by atoms with Crippen LogP contribution in [-0.2, 0) is 28.1 Å². The van der Waals surface area contributed by atoms with Crippen LogP contribution in [0.15, 0.2) is 24.5 Å². The van der Waals surface area contributed by atoms with Crippen molar-refractivity contribution in [2.24, 2.45) is 0 Å². The van der Waals surface area contributed by atoms with E-state index < -0.39 is 11.9 Å². The highest BCUT2D eigenvalue weighted by molar-refractivity contribution is 6.05. The Morgan fingerprint density at radius 1 is 1.17 bits per heavy atom. The number of aromatic nitrogens is 2. The molecule has 2 fully saturated rings. The molecule has 4 aliphatic rings. The van der Waals surface area contributed by atoms with E-state index in [1.807, 2.05) is 12.1 Å². The summed E-state index contributed by atoms with van der Waals surface area (Å²) in [6, 6.07) is 3.68. The molecule has 35 heavy (non-hydrogen) atoms. The van der Waals surface area contributed by atoms with E-state index in [0.717, 1.165) is 49.4 Å². The lowest BCUT2D eigenvalue weighted by Crippen LogP contribution is -2.52. The van der Waals surface area contributed by atoms with Gasteiger partial charge in [-0.2, -0.15) is 0 Å². The lowest BCUT2D eigenvalue weighted by Gasteiger charge is -2.38. The van der Waals surface area contributed by atoms with Gasteiger partial charge in [-0.05, 0) is 38.4 Å². The molecule has 2 saturated heterocycles. The Kier molecular flexibility index (Phi) is 5.21. The first-order valence-corrected chi connectivity index (χ1v) is 12.0. The third-order valence-corrected chi connectivity index (χ3v) is 7.81. The number of methoxy groups -OCH3 is 1. The van der Waals surface area contributed by atoms with E-state index in [1.165, 1.54) is 5.56 Å². The van der Waals surface area contributed by atoms with Crippen LogP contribution in [0.1, 0.15) is 52.7 Å².